The van der Waals surface area contributed by atoms with Gasteiger partial charge < -0.3 is 5.11 Å². The van der Waals surface area contributed by atoms with Crippen molar-refractivity contribution in [1.82, 2.24) is 5.43 Å². The van der Waals surface area contributed by atoms with Crippen molar-refractivity contribution in [2.45, 2.75) is 6.92 Å². The predicted octanol–water partition coefficient (Wildman–Crippen LogP) is 4.30. The number of nitrogens with one attached hydrogen (secondary N) is 1. The van der Waals surface area contributed by atoms with Crippen molar-refractivity contribution in [3.05, 3.63) is 75.4 Å². The van der Waals surface area contributed by atoms with Crippen molar-refractivity contribution in [1.29, 1.82) is 0 Å². The number of phenols is 1. The maximum absolute atomic E-state index is 12.1. The third kappa shape index (κ3) is 3.41. The summed E-state index contributed by atoms with van der Waals surface area (Å²) in [4.78, 5) is 12.1. The first-order valence-corrected chi connectivity index (χ1v) is 8.45. The molecule has 0 aliphatic rings. The zero-order valence-electron chi connectivity index (χ0n) is 13.0. The predicted molar refractivity (Wildman–Crippen MR) is 104 cm³/mol. The highest BCUT2D eigenvalue weighted by Crippen LogP contribution is 2.28. The van der Waals surface area contributed by atoms with Crippen molar-refractivity contribution in [3.8, 4) is 5.75 Å². The van der Waals surface area contributed by atoms with E-state index in [-0.39, 0.29) is 11.7 Å². The quantitative estimate of drug-likeness (QED) is 0.370. The van der Waals surface area contributed by atoms with E-state index in [4.69, 9.17) is 0 Å². The van der Waals surface area contributed by atoms with Crippen LogP contribution in [0.15, 0.2) is 65.8 Å². The fraction of sp³-hybridized carbons (Fsp3) is 0.0526. The zero-order valence-corrected chi connectivity index (χ0v) is 15.1. The highest BCUT2D eigenvalue weighted by atomic mass is 127. The molecule has 3 aromatic carbocycles. The topological polar surface area (TPSA) is 61.7 Å². The second-order valence-electron chi connectivity index (χ2n) is 5.33. The van der Waals surface area contributed by atoms with Crippen LogP contribution in [0.25, 0.3) is 10.8 Å². The molecule has 2 N–H and O–H groups in total. The number of rotatable bonds is 3. The van der Waals surface area contributed by atoms with E-state index in [1.807, 2.05) is 42.5 Å². The number of aromatic hydroxyl groups is 1. The van der Waals surface area contributed by atoms with Gasteiger partial charge in [0.2, 0.25) is 0 Å². The number of carbonyl (C=O) groups excluding carboxylic acids is 1. The van der Waals surface area contributed by atoms with E-state index in [1.54, 1.807) is 25.1 Å². The second kappa shape index (κ2) is 7.00. The lowest BCUT2D eigenvalue weighted by molar-refractivity contribution is 0.0954. The molecule has 3 aromatic rings. The summed E-state index contributed by atoms with van der Waals surface area (Å²) in [6.07, 6.45) is 0. The largest absolute Gasteiger partial charge is 0.507 e. The molecular weight excluding hydrogens is 415 g/mol. The summed E-state index contributed by atoms with van der Waals surface area (Å²) in [7, 11) is 0. The van der Waals surface area contributed by atoms with Gasteiger partial charge in [0.25, 0.3) is 5.91 Å². The molecule has 0 bridgehead atoms. The van der Waals surface area contributed by atoms with Gasteiger partial charge in [0, 0.05) is 20.1 Å². The minimum atomic E-state index is -0.284. The molecule has 0 saturated carbocycles. The molecule has 24 heavy (non-hydrogen) atoms. The first kappa shape index (κ1) is 16.4. The Morgan fingerprint density at radius 1 is 1.08 bits per heavy atom. The Morgan fingerprint density at radius 2 is 1.88 bits per heavy atom. The van der Waals surface area contributed by atoms with E-state index in [2.05, 4.69) is 33.1 Å². The normalized spacial score (nSPS) is 11.5. The monoisotopic (exact) mass is 430 g/mol. The van der Waals surface area contributed by atoms with Crippen LogP contribution < -0.4 is 5.43 Å². The minimum absolute atomic E-state index is 0.165. The molecule has 0 spiro atoms. The zero-order chi connectivity index (χ0) is 17.1. The summed E-state index contributed by atoms with van der Waals surface area (Å²) in [6, 6.07) is 18.6. The first-order chi connectivity index (χ1) is 11.6. The van der Waals surface area contributed by atoms with Crippen molar-refractivity contribution in [2.75, 3.05) is 0 Å². The third-order valence-corrected chi connectivity index (χ3v) is 4.37. The lowest BCUT2D eigenvalue weighted by Gasteiger charge is -2.08. The number of phenolic OH excluding ortho intramolecular Hbond substituents is 1. The lowest BCUT2D eigenvalue weighted by atomic mass is 10.0. The van der Waals surface area contributed by atoms with Crippen LogP contribution in [0.3, 0.4) is 0 Å². The number of hydrogen-bond donors (Lipinski definition) is 2. The fourth-order valence-electron chi connectivity index (χ4n) is 2.44. The van der Waals surface area contributed by atoms with Crippen LogP contribution in [-0.4, -0.2) is 16.7 Å². The van der Waals surface area contributed by atoms with E-state index >= 15 is 0 Å². The number of nitrogens with zero attached hydrogens (tertiary/aromatic N) is 1. The highest BCUT2D eigenvalue weighted by molar-refractivity contribution is 14.1. The van der Waals surface area contributed by atoms with Gasteiger partial charge in [0.05, 0.1) is 5.71 Å². The van der Waals surface area contributed by atoms with Crippen LogP contribution in [0, 0.1) is 3.57 Å². The number of hydrogen-bond acceptors (Lipinski definition) is 3. The molecule has 0 aromatic heterocycles. The number of benzene rings is 3. The van der Waals surface area contributed by atoms with E-state index in [1.165, 1.54) is 0 Å². The lowest BCUT2D eigenvalue weighted by Crippen LogP contribution is -2.19. The van der Waals surface area contributed by atoms with E-state index in [0.29, 0.717) is 16.8 Å². The molecule has 0 radical (unpaired) electrons. The Kier molecular flexibility index (Phi) is 4.80. The van der Waals surface area contributed by atoms with Gasteiger partial charge in [-0.05, 0) is 59.2 Å². The van der Waals surface area contributed by atoms with Crippen molar-refractivity contribution < 1.29 is 9.90 Å². The van der Waals surface area contributed by atoms with E-state index in [0.717, 1.165) is 14.3 Å². The number of hydrazone groups is 1. The molecule has 4 nitrogen and oxygen atoms in total. The van der Waals surface area contributed by atoms with E-state index in [9.17, 15) is 9.90 Å². The molecule has 0 atom stereocenters. The van der Waals surface area contributed by atoms with Crippen LogP contribution in [0.5, 0.6) is 5.75 Å². The maximum atomic E-state index is 12.1. The third-order valence-electron chi connectivity index (χ3n) is 3.70. The first-order valence-electron chi connectivity index (χ1n) is 7.37. The van der Waals surface area contributed by atoms with Crippen LogP contribution in [-0.2, 0) is 0 Å². The average molecular weight is 430 g/mol. The van der Waals surface area contributed by atoms with Gasteiger partial charge in [-0.3, -0.25) is 4.79 Å². The Hall–Kier alpha value is -2.41. The Labute approximate surface area is 153 Å². The summed E-state index contributed by atoms with van der Waals surface area (Å²) in [5.74, 6) is -0.119. The van der Waals surface area contributed by atoms with Crippen LogP contribution in [0.4, 0.5) is 0 Å². The van der Waals surface area contributed by atoms with Gasteiger partial charge in [-0.25, -0.2) is 5.43 Å². The fourth-order valence-corrected chi connectivity index (χ4v) is 2.98. The number of amides is 1. The summed E-state index contributed by atoms with van der Waals surface area (Å²) in [5, 5.41) is 16.3. The van der Waals surface area contributed by atoms with Gasteiger partial charge in [-0.15, -0.1) is 0 Å². The highest BCUT2D eigenvalue weighted by Gasteiger charge is 2.10. The molecular formula is C19H15IN2O2. The average Bonchev–Trinajstić information content (AvgIpc) is 2.60. The molecule has 0 aliphatic carbocycles. The summed E-state index contributed by atoms with van der Waals surface area (Å²) >= 11 is 2.15. The number of fused-ring (bicyclic) bond motifs is 1. The second-order valence-corrected chi connectivity index (χ2v) is 6.58. The number of halogens is 1. The van der Waals surface area contributed by atoms with Crippen molar-refractivity contribution in [2.24, 2.45) is 5.10 Å². The van der Waals surface area contributed by atoms with Gasteiger partial charge >= 0.3 is 0 Å². The van der Waals surface area contributed by atoms with Gasteiger partial charge in [-0.2, -0.15) is 5.10 Å². The van der Waals surface area contributed by atoms with Gasteiger partial charge in [0.15, 0.2) is 0 Å². The molecule has 3 rings (SSSR count). The standard InChI is InChI=1S/C19H15IN2O2/c1-12(21-22-19(24)14-6-4-7-15(20)11-14)16-10-9-13-5-2-3-8-17(13)18(16)23/h2-11,23H,1H3,(H,22,24). The van der Waals surface area contributed by atoms with Crippen LogP contribution in [0.1, 0.15) is 22.8 Å². The van der Waals surface area contributed by atoms with E-state index < -0.39 is 0 Å². The summed E-state index contributed by atoms with van der Waals surface area (Å²) < 4.78 is 0.980. The molecule has 0 heterocycles. The number of carbonyl (C=O) groups is 1. The summed E-state index contributed by atoms with van der Waals surface area (Å²) in [5.41, 5.74) is 4.21. The molecule has 0 saturated heterocycles. The van der Waals surface area contributed by atoms with Gasteiger partial charge in [0.1, 0.15) is 5.75 Å². The summed E-state index contributed by atoms with van der Waals surface area (Å²) in [6.45, 7) is 1.75. The molecule has 0 fully saturated rings. The molecule has 120 valence electrons. The van der Waals surface area contributed by atoms with Crippen LogP contribution in [0.2, 0.25) is 0 Å². The van der Waals surface area contributed by atoms with Gasteiger partial charge in [-0.1, -0.05) is 36.4 Å². The van der Waals surface area contributed by atoms with Crippen molar-refractivity contribution in [3.63, 3.8) is 0 Å². The molecule has 0 unspecified atom stereocenters. The Balaban J connectivity index is 1.86. The molecule has 5 heteroatoms. The maximum Gasteiger partial charge on any atom is 0.271 e. The SMILES string of the molecule is CC(=NNC(=O)c1cccc(I)c1)c1ccc2ccccc2c1O. The smallest absolute Gasteiger partial charge is 0.271 e. The van der Waals surface area contributed by atoms with Crippen molar-refractivity contribution >= 4 is 45.0 Å². The Morgan fingerprint density at radius 3 is 2.67 bits per heavy atom. The molecule has 0 aliphatic heterocycles. The Bertz CT molecular complexity index is 951. The van der Waals surface area contributed by atoms with Crippen LogP contribution >= 0.6 is 22.6 Å². The minimum Gasteiger partial charge on any atom is -0.507 e. The molecule has 1 amide bonds.